The maximum atomic E-state index is 13.5. The first-order chi connectivity index (χ1) is 19.5. The summed E-state index contributed by atoms with van der Waals surface area (Å²) in [6.07, 6.45) is 6.57. The molecule has 9 nitrogen and oxygen atoms in total. The Morgan fingerprint density at radius 1 is 1.05 bits per heavy atom. The molecule has 0 atom stereocenters. The summed E-state index contributed by atoms with van der Waals surface area (Å²) >= 11 is 6.51. The summed E-state index contributed by atoms with van der Waals surface area (Å²) in [4.78, 5) is 25.2. The highest BCUT2D eigenvalue weighted by molar-refractivity contribution is 6.33. The van der Waals surface area contributed by atoms with Crippen LogP contribution in [0.3, 0.4) is 0 Å². The molecule has 1 aromatic carbocycles. The van der Waals surface area contributed by atoms with Crippen molar-refractivity contribution in [2.24, 2.45) is 0 Å². The number of anilines is 3. The second-order valence-electron chi connectivity index (χ2n) is 9.54. The van der Waals surface area contributed by atoms with Crippen LogP contribution in [0.5, 0.6) is 0 Å². The van der Waals surface area contributed by atoms with Crippen molar-refractivity contribution >= 4 is 35.2 Å². The quantitative estimate of drug-likeness (QED) is 0.184. The first kappa shape index (κ1) is 27.4. The van der Waals surface area contributed by atoms with Crippen LogP contribution in [0.15, 0.2) is 65.4 Å². The topological polar surface area (TPSA) is 114 Å². The molecule has 1 aliphatic carbocycles. The van der Waals surface area contributed by atoms with Crippen LogP contribution in [0.4, 0.5) is 22.0 Å². The molecular formula is C29H30ClFN6O3. The molecule has 3 N–H and O–H groups in total. The number of benzene rings is 1. The van der Waals surface area contributed by atoms with E-state index in [9.17, 15) is 9.18 Å². The highest BCUT2D eigenvalue weighted by atomic mass is 35.5. The largest absolute Gasteiger partial charge is 0.461 e. The van der Waals surface area contributed by atoms with Crippen LogP contribution in [0.1, 0.15) is 48.7 Å². The van der Waals surface area contributed by atoms with E-state index in [0.717, 1.165) is 42.6 Å². The number of hydrogen-bond acceptors (Lipinski definition) is 9. The van der Waals surface area contributed by atoms with E-state index in [1.807, 2.05) is 30.3 Å². The monoisotopic (exact) mass is 564 g/mol. The molecule has 1 saturated carbocycles. The standard InChI is InChI=1S/C29H30ClFN6O3/c1-2-39-28(38)25-17-40-29(37-25)35-21-11-9-20(10-12-21)34-27-14-22(23(30)16-33-27)24-7-4-8-26(36-24)32-15-18-5-3-6-19(31)13-18/h3-8,13-14,16-17,20-21H,2,9-12,15H2,1H3,(H,32,36)(H,33,34)(H,35,37). The summed E-state index contributed by atoms with van der Waals surface area (Å²) in [6, 6.07) is 14.8. The number of esters is 1. The lowest BCUT2D eigenvalue weighted by Crippen LogP contribution is -2.32. The van der Waals surface area contributed by atoms with Crippen LogP contribution in [0, 0.1) is 5.82 Å². The van der Waals surface area contributed by atoms with Crippen molar-refractivity contribution in [2.45, 2.75) is 51.2 Å². The van der Waals surface area contributed by atoms with Gasteiger partial charge in [-0.2, -0.15) is 4.98 Å². The molecule has 0 aliphatic heterocycles. The van der Waals surface area contributed by atoms with E-state index in [1.54, 1.807) is 19.2 Å². The number of ether oxygens (including phenoxy) is 1. The molecule has 5 rings (SSSR count). The molecular weight excluding hydrogens is 535 g/mol. The van der Waals surface area contributed by atoms with Gasteiger partial charge in [0.1, 0.15) is 23.7 Å². The molecule has 1 fully saturated rings. The number of nitrogens with zero attached hydrogens (tertiary/aromatic N) is 3. The lowest BCUT2D eigenvalue weighted by Gasteiger charge is -2.29. The molecule has 40 heavy (non-hydrogen) atoms. The minimum Gasteiger partial charge on any atom is -0.461 e. The van der Waals surface area contributed by atoms with Crippen molar-refractivity contribution in [3.8, 4) is 11.3 Å². The third-order valence-corrected chi connectivity index (χ3v) is 6.94. The number of rotatable bonds is 10. The number of oxazole rings is 1. The third-order valence-electron chi connectivity index (χ3n) is 6.64. The predicted molar refractivity (Wildman–Crippen MR) is 152 cm³/mol. The first-order valence-corrected chi connectivity index (χ1v) is 13.6. The van der Waals surface area contributed by atoms with E-state index in [1.165, 1.54) is 18.4 Å². The van der Waals surface area contributed by atoms with Crippen molar-refractivity contribution in [3.05, 3.63) is 83.1 Å². The number of nitrogens with one attached hydrogen (secondary N) is 3. The number of halogens is 2. The van der Waals surface area contributed by atoms with Crippen molar-refractivity contribution < 1.29 is 18.3 Å². The Balaban J connectivity index is 1.17. The number of aromatic nitrogens is 3. The predicted octanol–water partition coefficient (Wildman–Crippen LogP) is 6.55. The molecule has 3 heterocycles. The summed E-state index contributed by atoms with van der Waals surface area (Å²) in [6.45, 7) is 2.48. The fourth-order valence-electron chi connectivity index (χ4n) is 4.64. The van der Waals surface area contributed by atoms with Crippen LogP contribution < -0.4 is 16.0 Å². The Morgan fingerprint density at radius 2 is 1.82 bits per heavy atom. The van der Waals surface area contributed by atoms with Crippen LogP contribution in [-0.4, -0.2) is 39.6 Å². The van der Waals surface area contributed by atoms with E-state index in [4.69, 9.17) is 25.7 Å². The Kier molecular flexibility index (Phi) is 8.75. The summed E-state index contributed by atoms with van der Waals surface area (Å²) in [7, 11) is 0. The summed E-state index contributed by atoms with van der Waals surface area (Å²) in [5, 5.41) is 10.5. The third kappa shape index (κ3) is 7.06. The maximum Gasteiger partial charge on any atom is 0.360 e. The molecule has 0 unspecified atom stereocenters. The number of pyridine rings is 2. The Bertz CT molecular complexity index is 1460. The second kappa shape index (κ2) is 12.8. The van der Waals surface area contributed by atoms with Crippen molar-refractivity contribution in [1.29, 1.82) is 0 Å². The minimum atomic E-state index is -0.496. The van der Waals surface area contributed by atoms with Gasteiger partial charge in [-0.15, -0.1) is 0 Å². The highest BCUT2D eigenvalue weighted by Gasteiger charge is 2.23. The molecule has 0 bridgehead atoms. The Morgan fingerprint density at radius 3 is 2.60 bits per heavy atom. The van der Waals surface area contributed by atoms with Crippen LogP contribution >= 0.6 is 11.6 Å². The van der Waals surface area contributed by atoms with Gasteiger partial charge in [-0.05, 0) is 68.5 Å². The van der Waals surface area contributed by atoms with E-state index >= 15 is 0 Å². The van der Waals surface area contributed by atoms with E-state index < -0.39 is 5.97 Å². The van der Waals surface area contributed by atoms with E-state index in [-0.39, 0.29) is 30.2 Å². The van der Waals surface area contributed by atoms with Gasteiger partial charge in [0.15, 0.2) is 5.69 Å². The van der Waals surface area contributed by atoms with Crippen molar-refractivity contribution in [3.63, 3.8) is 0 Å². The normalized spacial score (nSPS) is 16.8. The van der Waals surface area contributed by atoms with Gasteiger partial charge >= 0.3 is 5.97 Å². The van der Waals surface area contributed by atoms with Gasteiger partial charge in [-0.3, -0.25) is 0 Å². The van der Waals surface area contributed by atoms with Gasteiger partial charge in [-0.1, -0.05) is 29.8 Å². The van der Waals surface area contributed by atoms with E-state index in [0.29, 0.717) is 29.1 Å². The fourth-order valence-corrected chi connectivity index (χ4v) is 4.84. The van der Waals surface area contributed by atoms with Crippen molar-refractivity contribution in [2.75, 3.05) is 22.6 Å². The number of carbonyl (C=O) groups is 1. The Hall–Kier alpha value is -4.18. The van der Waals surface area contributed by atoms with Gasteiger partial charge in [0.05, 0.1) is 17.3 Å². The highest BCUT2D eigenvalue weighted by Crippen LogP contribution is 2.30. The molecule has 0 amide bonds. The molecule has 0 saturated heterocycles. The molecule has 1 aliphatic rings. The maximum absolute atomic E-state index is 13.5. The zero-order valence-electron chi connectivity index (χ0n) is 22.0. The summed E-state index contributed by atoms with van der Waals surface area (Å²) in [5.74, 6) is 0.621. The number of carbonyl (C=O) groups excluding carboxylic acids is 1. The smallest absolute Gasteiger partial charge is 0.360 e. The lowest BCUT2D eigenvalue weighted by molar-refractivity contribution is 0.0519. The second-order valence-corrected chi connectivity index (χ2v) is 9.94. The minimum absolute atomic E-state index is 0.159. The average Bonchev–Trinajstić information content (AvgIpc) is 3.43. The van der Waals surface area contributed by atoms with Crippen LogP contribution in [0.2, 0.25) is 5.02 Å². The first-order valence-electron chi connectivity index (χ1n) is 13.2. The number of hydrogen-bond donors (Lipinski definition) is 3. The van der Waals surface area contributed by atoms with Gasteiger partial charge in [0.2, 0.25) is 0 Å². The average molecular weight is 565 g/mol. The van der Waals surface area contributed by atoms with Gasteiger partial charge in [0, 0.05) is 30.4 Å². The molecule has 11 heteroatoms. The van der Waals surface area contributed by atoms with Crippen LogP contribution in [0.25, 0.3) is 11.3 Å². The zero-order valence-corrected chi connectivity index (χ0v) is 22.7. The van der Waals surface area contributed by atoms with E-state index in [2.05, 4.69) is 25.9 Å². The fraction of sp³-hybridized carbons (Fsp3) is 0.310. The molecule has 208 valence electrons. The summed E-state index contributed by atoms with van der Waals surface area (Å²) < 4.78 is 23.8. The molecule has 4 aromatic rings. The van der Waals surface area contributed by atoms with Gasteiger partial charge < -0.3 is 25.1 Å². The molecule has 3 aromatic heterocycles. The molecule has 0 spiro atoms. The lowest BCUT2D eigenvalue weighted by atomic mass is 9.91. The zero-order chi connectivity index (χ0) is 27.9. The summed E-state index contributed by atoms with van der Waals surface area (Å²) in [5.41, 5.74) is 2.46. The van der Waals surface area contributed by atoms with Gasteiger partial charge in [0.25, 0.3) is 6.01 Å². The van der Waals surface area contributed by atoms with Crippen LogP contribution in [-0.2, 0) is 11.3 Å². The Labute approximate surface area is 236 Å². The van der Waals surface area contributed by atoms with Gasteiger partial charge in [-0.25, -0.2) is 19.2 Å². The van der Waals surface area contributed by atoms with Crippen molar-refractivity contribution in [1.82, 2.24) is 15.0 Å². The SMILES string of the molecule is CCOC(=O)c1coc(NC2CCC(Nc3cc(-c4cccc(NCc5cccc(F)c5)n4)c(Cl)cn3)CC2)n1. The molecule has 0 radical (unpaired) electrons.